The molecule has 0 radical (unpaired) electrons. The predicted octanol–water partition coefficient (Wildman–Crippen LogP) is 0.464. The molecule has 3 heteroatoms. The number of allylic oxidation sites excluding steroid dienone is 1. The molecule has 0 aromatic rings. The van der Waals surface area contributed by atoms with Gasteiger partial charge in [0.15, 0.2) is 0 Å². The van der Waals surface area contributed by atoms with Crippen LogP contribution in [0.25, 0.3) is 0 Å². The Labute approximate surface area is 53.3 Å². The van der Waals surface area contributed by atoms with Gasteiger partial charge in [-0.05, 0) is 0 Å². The second-order valence-corrected chi connectivity index (χ2v) is 1.67. The first kappa shape index (κ1) is 6.13. The van der Waals surface area contributed by atoms with Gasteiger partial charge in [-0.15, -0.1) is 0 Å². The normalized spacial score (nSPS) is 17.1. The molecule has 0 bridgehead atoms. The third-order valence-electron chi connectivity index (χ3n) is 0.988. The largest absolute Gasteiger partial charge is 0.494 e. The monoisotopic (exact) mass is 128 g/mol. The molecule has 3 nitrogen and oxygen atoms in total. The Morgan fingerprint density at radius 1 is 1.67 bits per heavy atom. The topological polar surface area (TPSA) is 35.5 Å². The van der Waals surface area contributed by atoms with Crippen LogP contribution in [0.15, 0.2) is 12.0 Å². The highest BCUT2D eigenvalue weighted by molar-refractivity contribution is 5.53. The zero-order chi connectivity index (χ0) is 6.53. The van der Waals surface area contributed by atoms with Crippen molar-refractivity contribution in [2.45, 2.75) is 6.42 Å². The highest BCUT2D eigenvalue weighted by atomic mass is 16.6. The van der Waals surface area contributed by atoms with E-state index < -0.39 is 0 Å². The van der Waals surface area contributed by atoms with Gasteiger partial charge in [0, 0.05) is 0 Å². The standard InChI is InChI=1S/C6H8O3/c7-2-1-6-5-8-3-4-9-6/h2,5H,1,3-4H2. The average Bonchev–Trinajstić information content (AvgIpc) is 1.91. The maximum absolute atomic E-state index is 9.90. The van der Waals surface area contributed by atoms with Crippen molar-refractivity contribution >= 4 is 6.29 Å². The van der Waals surface area contributed by atoms with E-state index in [2.05, 4.69) is 0 Å². The van der Waals surface area contributed by atoms with Crippen molar-refractivity contribution in [3.05, 3.63) is 12.0 Å². The third kappa shape index (κ3) is 1.76. The van der Waals surface area contributed by atoms with Crippen molar-refractivity contribution in [3.63, 3.8) is 0 Å². The maximum atomic E-state index is 9.90. The van der Waals surface area contributed by atoms with E-state index in [1.165, 1.54) is 6.26 Å². The Morgan fingerprint density at radius 2 is 2.56 bits per heavy atom. The van der Waals surface area contributed by atoms with Crippen molar-refractivity contribution in [2.24, 2.45) is 0 Å². The minimum atomic E-state index is 0.319. The first-order valence-corrected chi connectivity index (χ1v) is 2.80. The Hall–Kier alpha value is -0.990. The molecule has 0 N–H and O–H groups in total. The fourth-order valence-corrected chi connectivity index (χ4v) is 0.596. The summed E-state index contributed by atoms with van der Waals surface area (Å²) < 4.78 is 9.91. The van der Waals surface area contributed by atoms with Crippen molar-refractivity contribution in [2.75, 3.05) is 13.2 Å². The molecule has 0 unspecified atom stereocenters. The smallest absolute Gasteiger partial charge is 0.138 e. The fraction of sp³-hybridized carbons (Fsp3) is 0.500. The number of carbonyl (C=O) groups excluding carboxylic acids is 1. The maximum Gasteiger partial charge on any atom is 0.138 e. The molecule has 0 atom stereocenters. The second-order valence-electron chi connectivity index (χ2n) is 1.67. The molecule has 0 aliphatic carbocycles. The zero-order valence-electron chi connectivity index (χ0n) is 5.00. The average molecular weight is 128 g/mol. The zero-order valence-corrected chi connectivity index (χ0v) is 5.00. The van der Waals surface area contributed by atoms with E-state index in [0.717, 1.165) is 6.29 Å². The molecule has 50 valence electrons. The van der Waals surface area contributed by atoms with Crippen LogP contribution in [0.4, 0.5) is 0 Å². The molecule has 0 amide bonds. The number of carbonyl (C=O) groups is 1. The van der Waals surface area contributed by atoms with Gasteiger partial charge in [0.1, 0.15) is 31.5 Å². The van der Waals surface area contributed by atoms with Crippen LogP contribution in [0.5, 0.6) is 0 Å². The van der Waals surface area contributed by atoms with Crippen LogP contribution in [0.1, 0.15) is 6.42 Å². The lowest BCUT2D eigenvalue weighted by molar-refractivity contribution is -0.108. The van der Waals surface area contributed by atoms with Crippen molar-refractivity contribution in [1.29, 1.82) is 0 Å². The molecule has 1 aliphatic heterocycles. The molecule has 0 saturated heterocycles. The molecule has 1 rings (SSSR count). The van der Waals surface area contributed by atoms with Gasteiger partial charge < -0.3 is 14.3 Å². The number of ether oxygens (including phenoxy) is 2. The van der Waals surface area contributed by atoms with Gasteiger partial charge in [0.25, 0.3) is 0 Å². The summed E-state index contributed by atoms with van der Waals surface area (Å²) in [6, 6.07) is 0. The van der Waals surface area contributed by atoms with Gasteiger partial charge in [0.05, 0.1) is 6.42 Å². The lowest BCUT2D eigenvalue weighted by Crippen LogP contribution is -2.08. The molecule has 1 heterocycles. The van der Waals surface area contributed by atoms with Gasteiger partial charge in [-0.3, -0.25) is 0 Å². The highest BCUT2D eigenvalue weighted by Gasteiger charge is 2.02. The van der Waals surface area contributed by atoms with Crippen molar-refractivity contribution in [1.82, 2.24) is 0 Å². The van der Waals surface area contributed by atoms with Gasteiger partial charge in [-0.25, -0.2) is 0 Å². The van der Waals surface area contributed by atoms with Gasteiger partial charge in [-0.1, -0.05) is 0 Å². The third-order valence-corrected chi connectivity index (χ3v) is 0.988. The van der Waals surface area contributed by atoms with Crippen LogP contribution >= 0.6 is 0 Å². The van der Waals surface area contributed by atoms with Crippen molar-refractivity contribution < 1.29 is 14.3 Å². The van der Waals surface area contributed by atoms with Crippen LogP contribution in [0.3, 0.4) is 0 Å². The first-order valence-electron chi connectivity index (χ1n) is 2.80. The van der Waals surface area contributed by atoms with Crippen molar-refractivity contribution in [3.8, 4) is 0 Å². The van der Waals surface area contributed by atoms with E-state index in [1.807, 2.05) is 0 Å². The second kappa shape index (κ2) is 3.12. The molecular formula is C6H8O3. The van der Waals surface area contributed by atoms with E-state index in [9.17, 15) is 4.79 Å². The summed E-state index contributed by atoms with van der Waals surface area (Å²) in [5.41, 5.74) is 0. The molecule has 0 saturated carbocycles. The summed E-state index contributed by atoms with van der Waals surface area (Å²) >= 11 is 0. The van der Waals surface area contributed by atoms with Gasteiger partial charge in [0.2, 0.25) is 0 Å². The lowest BCUT2D eigenvalue weighted by Gasteiger charge is -2.12. The summed E-state index contributed by atoms with van der Waals surface area (Å²) in [6.07, 6.45) is 2.60. The van der Waals surface area contributed by atoms with E-state index in [0.29, 0.717) is 25.4 Å². The first-order chi connectivity index (χ1) is 4.43. The molecule has 0 aromatic heterocycles. The number of hydrogen-bond donors (Lipinski definition) is 0. The molecule has 1 aliphatic rings. The van der Waals surface area contributed by atoms with E-state index >= 15 is 0 Å². The summed E-state index contributed by atoms with van der Waals surface area (Å²) in [4.78, 5) is 9.90. The predicted molar refractivity (Wildman–Crippen MR) is 30.7 cm³/mol. The van der Waals surface area contributed by atoms with E-state index in [4.69, 9.17) is 9.47 Å². The van der Waals surface area contributed by atoms with E-state index in [1.54, 1.807) is 0 Å². The summed E-state index contributed by atoms with van der Waals surface area (Å²) in [7, 11) is 0. The van der Waals surface area contributed by atoms with Gasteiger partial charge >= 0.3 is 0 Å². The number of aldehydes is 1. The fourth-order valence-electron chi connectivity index (χ4n) is 0.596. The number of rotatable bonds is 2. The van der Waals surface area contributed by atoms with Crippen LogP contribution in [0.2, 0.25) is 0 Å². The van der Waals surface area contributed by atoms with Crippen LogP contribution in [-0.2, 0) is 14.3 Å². The summed E-state index contributed by atoms with van der Waals surface area (Å²) in [5.74, 6) is 0.622. The Kier molecular flexibility index (Phi) is 2.13. The van der Waals surface area contributed by atoms with Crippen LogP contribution < -0.4 is 0 Å². The van der Waals surface area contributed by atoms with Crippen LogP contribution in [-0.4, -0.2) is 19.5 Å². The minimum absolute atomic E-state index is 0.319. The molecule has 9 heavy (non-hydrogen) atoms. The van der Waals surface area contributed by atoms with Gasteiger partial charge in [-0.2, -0.15) is 0 Å². The Balaban J connectivity index is 2.36. The minimum Gasteiger partial charge on any atom is -0.494 e. The Morgan fingerprint density at radius 3 is 3.11 bits per heavy atom. The highest BCUT2D eigenvalue weighted by Crippen LogP contribution is 2.05. The molecular weight excluding hydrogens is 120 g/mol. The lowest BCUT2D eigenvalue weighted by atomic mass is 10.4. The molecule has 0 spiro atoms. The quantitative estimate of drug-likeness (QED) is 0.507. The van der Waals surface area contributed by atoms with E-state index in [-0.39, 0.29) is 0 Å². The summed E-state index contributed by atoms with van der Waals surface area (Å²) in [6.45, 7) is 1.14. The molecule has 0 fully saturated rings. The SMILES string of the molecule is O=CCC1=COCCO1. The number of hydrogen-bond acceptors (Lipinski definition) is 3. The Bertz CT molecular complexity index is 128. The molecule has 0 aromatic carbocycles. The summed E-state index contributed by atoms with van der Waals surface area (Å²) in [5, 5.41) is 0. The van der Waals surface area contributed by atoms with Crippen LogP contribution in [0, 0.1) is 0 Å².